The molecule has 0 amide bonds. The number of hydrogen-bond donors (Lipinski definition) is 0. The highest BCUT2D eigenvalue weighted by molar-refractivity contribution is 6.08. The van der Waals surface area contributed by atoms with Crippen LogP contribution in [0.5, 0.6) is 0 Å². The van der Waals surface area contributed by atoms with Crippen LogP contribution in [-0.2, 0) is 13.5 Å². The van der Waals surface area contributed by atoms with Crippen molar-refractivity contribution in [3.05, 3.63) is 66.0 Å². The third-order valence-corrected chi connectivity index (χ3v) is 3.21. The number of carbonyl (C=O) groups excluding carboxylic acids is 1. The predicted octanol–water partition coefficient (Wildman–Crippen LogP) is 3.00. The molecular weight excluding hydrogens is 236 g/mol. The van der Waals surface area contributed by atoms with E-state index in [1.165, 1.54) is 0 Å². The number of fused-ring (bicyclic) bond motifs is 1. The molecule has 3 heteroatoms. The van der Waals surface area contributed by atoms with Crippen LogP contribution in [0.4, 0.5) is 0 Å². The Morgan fingerprint density at radius 2 is 1.95 bits per heavy atom. The van der Waals surface area contributed by atoms with E-state index in [0.29, 0.717) is 6.42 Å². The minimum Gasteiger partial charge on any atom is -0.294 e. The summed E-state index contributed by atoms with van der Waals surface area (Å²) < 4.78 is 1.71. The topological polar surface area (TPSA) is 34.9 Å². The number of carbonyl (C=O) groups is 1. The standard InChI is InChI=1S/C16H14N2O/c1-18-11-12(10-17-18)9-16(19)15-8-4-6-13-5-2-3-7-14(13)15/h2-8,10-11H,9H2,1H3. The van der Waals surface area contributed by atoms with E-state index in [1.807, 2.05) is 55.7 Å². The van der Waals surface area contributed by atoms with Crippen LogP contribution >= 0.6 is 0 Å². The van der Waals surface area contributed by atoms with E-state index in [9.17, 15) is 4.79 Å². The normalized spacial score (nSPS) is 10.8. The van der Waals surface area contributed by atoms with Crippen LogP contribution in [0.25, 0.3) is 10.8 Å². The molecule has 19 heavy (non-hydrogen) atoms. The third kappa shape index (κ3) is 2.27. The van der Waals surface area contributed by atoms with E-state index in [4.69, 9.17) is 0 Å². The van der Waals surface area contributed by atoms with E-state index >= 15 is 0 Å². The first kappa shape index (κ1) is 11.7. The minimum absolute atomic E-state index is 0.129. The third-order valence-electron chi connectivity index (χ3n) is 3.21. The Labute approximate surface area is 111 Å². The van der Waals surface area contributed by atoms with E-state index < -0.39 is 0 Å². The van der Waals surface area contributed by atoms with Crippen molar-refractivity contribution in [2.45, 2.75) is 6.42 Å². The van der Waals surface area contributed by atoms with Gasteiger partial charge in [-0.25, -0.2) is 0 Å². The van der Waals surface area contributed by atoms with Crippen molar-refractivity contribution in [1.29, 1.82) is 0 Å². The van der Waals surface area contributed by atoms with Gasteiger partial charge in [0.1, 0.15) is 0 Å². The molecule has 0 atom stereocenters. The molecule has 0 saturated heterocycles. The van der Waals surface area contributed by atoms with Crippen LogP contribution < -0.4 is 0 Å². The molecular formula is C16H14N2O. The summed E-state index contributed by atoms with van der Waals surface area (Å²) in [5.41, 5.74) is 1.72. The van der Waals surface area contributed by atoms with Crippen LogP contribution in [0.2, 0.25) is 0 Å². The number of hydrogen-bond acceptors (Lipinski definition) is 2. The maximum absolute atomic E-state index is 12.4. The lowest BCUT2D eigenvalue weighted by Crippen LogP contribution is -2.03. The van der Waals surface area contributed by atoms with E-state index in [0.717, 1.165) is 21.9 Å². The average molecular weight is 250 g/mol. The van der Waals surface area contributed by atoms with Crippen LogP contribution in [0.15, 0.2) is 54.9 Å². The molecule has 0 aliphatic rings. The van der Waals surface area contributed by atoms with Crippen molar-refractivity contribution < 1.29 is 4.79 Å². The van der Waals surface area contributed by atoms with Gasteiger partial charge in [-0.1, -0.05) is 42.5 Å². The second-order valence-electron chi connectivity index (χ2n) is 4.65. The smallest absolute Gasteiger partial charge is 0.167 e. The fraction of sp³-hybridized carbons (Fsp3) is 0.125. The highest BCUT2D eigenvalue weighted by Crippen LogP contribution is 2.20. The van der Waals surface area contributed by atoms with Gasteiger partial charge < -0.3 is 0 Å². The van der Waals surface area contributed by atoms with E-state index in [1.54, 1.807) is 10.9 Å². The summed E-state index contributed by atoms with van der Waals surface area (Å²) in [4.78, 5) is 12.4. The zero-order valence-electron chi connectivity index (χ0n) is 10.7. The van der Waals surface area contributed by atoms with Gasteiger partial charge >= 0.3 is 0 Å². The zero-order chi connectivity index (χ0) is 13.2. The fourth-order valence-corrected chi connectivity index (χ4v) is 2.31. The van der Waals surface area contributed by atoms with Gasteiger partial charge in [0.2, 0.25) is 0 Å². The Bertz CT molecular complexity index is 738. The summed E-state index contributed by atoms with van der Waals surface area (Å²) in [6.45, 7) is 0. The van der Waals surface area contributed by atoms with Gasteiger partial charge in [-0.2, -0.15) is 5.10 Å². The molecule has 0 unspecified atom stereocenters. The van der Waals surface area contributed by atoms with Gasteiger partial charge in [0, 0.05) is 25.2 Å². The van der Waals surface area contributed by atoms with Gasteiger partial charge in [0.25, 0.3) is 0 Å². The van der Waals surface area contributed by atoms with Crippen molar-refractivity contribution in [2.75, 3.05) is 0 Å². The quantitative estimate of drug-likeness (QED) is 0.670. The first-order chi connectivity index (χ1) is 9.24. The molecule has 3 aromatic rings. The molecule has 0 spiro atoms. The zero-order valence-corrected chi connectivity index (χ0v) is 10.7. The summed E-state index contributed by atoms with van der Waals surface area (Å²) in [7, 11) is 1.85. The average Bonchev–Trinajstić information content (AvgIpc) is 2.83. The highest BCUT2D eigenvalue weighted by atomic mass is 16.1. The molecule has 1 aromatic heterocycles. The van der Waals surface area contributed by atoms with Crippen molar-refractivity contribution in [1.82, 2.24) is 9.78 Å². The monoisotopic (exact) mass is 250 g/mol. The van der Waals surface area contributed by atoms with Gasteiger partial charge in [-0.05, 0) is 16.3 Å². The van der Waals surface area contributed by atoms with Crippen LogP contribution in [0.3, 0.4) is 0 Å². The minimum atomic E-state index is 0.129. The number of aryl methyl sites for hydroxylation is 1. The van der Waals surface area contributed by atoms with Gasteiger partial charge in [-0.3, -0.25) is 9.48 Å². The number of rotatable bonds is 3. The Morgan fingerprint density at radius 3 is 2.74 bits per heavy atom. The Kier molecular flexibility index (Phi) is 2.88. The first-order valence-corrected chi connectivity index (χ1v) is 6.22. The van der Waals surface area contributed by atoms with Crippen molar-refractivity contribution in [3.63, 3.8) is 0 Å². The maximum Gasteiger partial charge on any atom is 0.167 e. The number of nitrogens with zero attached hydrogens (tertiary/aromatic N) is 2. The number of aromatic nitrogens is 2. The van der Waals surface area contributed by atoms with Gasteiger partial charge in [-0.15, -0.1) is 0 Å². The van der Waals surface area contributed by atoms with Crippen molar-refractivity contribution in [2.24, 2.45) is 7.05 Å². The number of ketones is 1. The summed E-state index contributed by atoms with van der Waals surface area (Å²) in [6.07, 6.45) is 4.01. The second kappa shape index (κ2) is 4.69. The van der Waals surface area contributed by atoms with Gasteiger partial charge in [0.05, 0.1) is 6.20 Å². The molecule has 0 N–H and O–H groups in total. The molecule has 94 valence electrons. The lowest BCUT2D eigenvalue weighted by atomic mass is 9.98. The van der Waals surface area contributed by atoms with Crippen molar-refractivity contribution in [3.8, 4) is 0 Å². The van der Waals surface area contributed by atoms with Crippen molar-refractivity contribution >= 4 is 16.6 Å². The molecule has 1 heterocycles. The number of benzene rings is 2. The predicted molar refractivity (Wildman–Crippen MR) is 75.2 cm³/mol. The Morgan fingerprint density at radius 1 is 1.16 bits per heavy atom. The molecule has 0 fully saturated rings. The molecule has 3 nitrogen and oxygen atoms in total. The van der Waals surface area contributed by atoms with Crippen LogP contribution in [0.1, 0.15) is 15.9 Å². The molecule has 3 rings (SSSR count). The first-order valence-electron chi connectivity index (χ1n) is 6.22. The summed E-state index contributed by atoms with van der Waals surface area (Å²) in [5, 5.41) is 6.20. The largest absolute Gasteiger partial charge is 0.294 e. The molecule has 0 aliphatic heterocycles. The number of Topliss-reactive ketones (excluding diaryl/α,β-unsaturated/α-hetero) is 1. The second-order valence-corrected chi connectivity index (χ2v) is 4.65. The summed E-state index contributed by atoms with van der Waals surface area (Å²) in [6, 6.07) is 13.8. The Balaban J connectivity index is 1.97. The van der Waals surface area contributed by atoms with Gasteiger partial charge in [0.15, 0.2) is 5.78 Å². The fourth-order valence-electron chi connectivity index (χ4n) is 2.31. The molecule has 0 radical (unpaired) electrons. The highest BCUT2D eigenvalue weighted by Gasteiger charge is 2.11. The Hall–Kier alpha value is -2.42. The van der Waals surface area contributed by atoms with E-state index in [2.05, 4.69) is 5.10 Å². The molecule has 0 saturated carbocycles. The van der Waals surface area contributed by atoms with Crippen LogP contribution in [-0.4, -0.2) is 15.6 Å². The lowest BCUT2D eigenvalue weighted by molar-refractivity contribution is 0.0994. The van der Waals surface area contributed by atoms with E-state index in [-0.39, 0.29) is 5.78 Å². The molecule has 0 aliphatic carbocycles. The van der Waals surface area contributed by atoms with Crippen LogP contribution in [0, 0.1) is 0 Å². The maximum atomic E-state index is 12.4. The summed E-state index contributed by atoms with van der Waals surface area (Å²) in [5.74, 6) is 0.129. The lowest BCUT2D eigenvalue weighted by Gasteiger charge is -2.04. The molecule has 0 bridgehead atoms. The SMILES string of the molecule is Cn1cc(CC(=O)c2cccc3ccccc23)cn1. The molecule has 2 aromatic carbocycles. The summed E-state index contributed by atoms with van der Waals surface area (Å²) >= 11 is 0.